The van der Waals surface area contributed by atoms with Gasteiger partial charge in [0.2, 0.25) is 0 Å². The number of alkyl halides is 3. The van der Waals surface area contributed by atoms with Gasteiger partial charge in [-0.2, -0.15) is 18.4 Å². The van der Waals surface area contributed by atoms with Gasteiger partial charge in [0.25, 0.3) is 0 Å². The summed E-state index contributed by atoms with van der Waals surface area (Å²) in [5, 5.41) is 8.72. The van der Waals surface area contributed by atoms with Crippen LogP contribution in [0, 0.1) is 17.1 Å². The minimum atomic E-state index is -4.51. The van der Waals surface area contributed by atoms with E-state index in [1.165, 1.54) is 30.3 Å². The number of nitriles is 1. The van der Waals surface area contributed by atoms with E-state index in [4.69, 9.17) is 5.26 Å². The summed E-state index contributed by atoms with van der Waals surface area (Å²) in [6.45, 7) is 0. The molecule has 20 heavy (non-hydrogen) atoms. The van der Waals surface area contributed by atoms with E-state index in [2.05, 4.69) is 0 Å². The lowest BCUT2D eigenvalue weighted by molar-refractivity contribution is -0.137. The van der Waals surface area contributed by atoms with E-state index in [9.17, 15) is 17.6 Å². The van der Waals surface area contributed by atoms with Crippen LogP contribution in [-0.4, -0.2) is 0 Å². The molecule has 2 aromatic carbocycles. The maximum absolute atomic E-state index is 13.8. The van der Waals surface area contributed by atoms with E-state index in [0.29, 0.717) is 5.56 Å². The number of benzene rings is 2. The van der Waals surface area contributed by atoms with Gasteiger partial charge in [-0.15, -0.1) is 0 Å². The van der Waals surface area contributed by atoms with Crippen LogP contribution in [-0.2, 0) is 12.6 Å². The van der Waals surface area contributed by atoms with Gasteiger partial charge in [0.05, 0.1) is 18.1 Å². The Bertz CT molecular complexity index is 668. The van der Waals surface area contributed by atoms with Crippen LogP contribution < -0.4 is 0 Å². The molecule has 0 bridgehead atoms. The fourth-order valence-electron chi connectivity index (χ4n) is 1.92. The highest BCUT2D eigenvalue weighted by Gasteiger charge is 2.31. The lowest BCUT2D eigenvalue weighted by Crippen LogP contribution is -2.06. The molecule has 0 heterocycles. The molecule has 0 saturated carbocycles. The van der Waals surface area contributed by atoms with Crippen molar-refractivity contribution in [1.29, 1.82) is 5.26 Å². The van der Waals surface area contributed by atoms with Crippen molar-refractivity contribution in [2.75, 3.05) is 0 Å². The van der Waals surface area contributed by atoms with Crippen LogP contribution in [0.4, 0.5) is 17.6 Å². The van der Waals surface area contributed by atoms with E-state index < -0.39 is 17.6 Å². The van der Waals surface area contributed by atoms with Crippen LogP contribution in [0.2, 0.25) is 0 Å². The zero-order chi connectivity index (χ0) is 14.8. The van der Waals surface area contributed by atoms with Crippen LogP contribution in [0.15, 0.2) is 42.5 Å². The van der Waals surface area contributed by atoms with Gasteiger partial charge in [0, 0.05) is 5.56 Å². The average Bonchev–Trinajstić information content (AvgIpc) is 2.39. The summed E-state index contributed by atoms with van der Waals surface area (Å²) in [5.74, 6) is -0.619. The number of rotatable bonds is 2. The summed E-state index contributed by atoms with van der Waals surface area (Å²) < 4.78 is 52.0. The molecule has 0 fully saturated rings. The van der Waals surface area contributed by atoms with Gasteiger partial charge in [-0.3, -0.25) is 0 Å². The maximum atomic E-state index is 13.8. The summed E-state index contributed by atoms with van der Waals surface area (Å²) in [6, 6.07) is 10.4. The molecule has 102 valence electrons. The zero-order valence-electron chi connectivity index (χ0n) is 10.2. The van der Waals surface area contributed by atoms with Gasteiger partial charge < -0.3 is 0 Å². The summed E-state index contributed by atoms with van der Waals surface area (Å²) in [5.41, 5.74) is -0.341. The molecule has 0 N–H and O–H groups in total. The highest BCUT2D eigenvalue weighted by Crippen LogP contribution is 2.35. The third kappa shape index (κ3) is 2.80. The Morgan fingerprint density at radius 1 is 1.00 bits per heavy atom. The van der Waals surface area contributed by atoms with E-state index in [1.807, 2.05) is 6.07 Å². The molecular formula is C15H9F4N. The van der Waals surface area contributed by atoms with Crippen molar-refractivity contribution < 1.29 is 17.6 Å². The number of hydrogen-bond acceptors (Lipinski definition) is 1. The Morgan fingerprint density at radius 3 is 2.30 bits per heavy atom. The molecule has 0 unspecified atom stereocenters. The first-order valence-corrected chi connectivity index (χ1v) is 5.75. The second-order valence-corrected chi connectivity index (χ2v) is 4.18. The van der Waals surface area contributed by atoms with E-state index in [0.717, 1.165) is 12.1 Å². The Labute approximate surface area is 113 Å². The van der Waals surface area contributed by atoms with Crippen LogP contribution in [0.1, 0.15) is 11.1 Å². The molecular weight excluding hydrogens is 270 g/mol. The largest absolute Gasteiger partial charge is 0.416 e. The molecule has 5 heteroatoms. The Hall–Kier alpha value is -2.35. The van der Waals surface area contributed by atoms with Crippen molar-refractivity contribution in [2.24, 2.45) is 0 Å². The molecule has 0 spiro atoms. The fraction of sp³-hybridized carbons (Fsp3) is 0.133. The van der Waals surface area contributed by atoms with E-state index in [1.54, 1.807) is 0 Å². The van der Waals surface area contributed by atoms with Gasteiger partial charge in [0.15, 0.2) is 0 Å². The molecule has 0 radical (unpaired) electrons. The molecule has 0 saturated heterocycles. The van der Waals surface area contributed by atoms with Gasteiger partial charge in [0.1, 0.15) is 5.82 Å². The first-order chi connectivity index (χ1) is 9.43. The topological polar surface area (TPSA) is 23.8 Å². The van der Waals surface area contributed by atoms with Crippen LogP contribution >= 0.6 is 0 Å². The third-order valence-electron chi connectivity index (χ3n) is 2.87. The smallest absolute Gasteiger partial charge is 0.206 e. The van der Waals surface area contributed by atoms with Gasteiger partial charge in [-0.1, -0.05) is 24.3 Å². The van der Waals surface area contributed by atoms with Crippen molar-refractivity contribution in [3.63, 3.8) is 0 Å². The molecule has 1 nitrogen and oxygen atoms in total. The first-order valence-electron chi connectivity index (χ1n) is 5.75. The maximum Gasteiger partial charge on any atom is 0.416 e. The third-order valence-corrected chi connectivity index (χ3v) is 2.87. The van der Waals surface area contributed by atoms with Gasteiger partial charge in [-0.05, 0) is 29.3 Å². The SMILES string of the molecule is N#CCc1ccc(C(F)(F)F)cc1-c1ccccc1F. The van der Waals surface area contributed by atoms with Crippen LogP contribution in [0.3, 0.4) is 0 Å². The van der Waals surface area contributed by atoms with E-state index in [-0.39, 0.29) is 17.5 Å². The highest BCUT2D eigenvalue weighted by molar-refractivity contribution is 5.69. The average molecular weight is 279 g/mol. The number of halogens is 4. The fourth-order valence-corrected chi connectivity index (χ4v) is 1.92. The molecule has 0 aromatic heterocycles. The molecule has 2 aromatic rings. The van der Waals surface area contributed by atoms with Crippen molar-refractivity contribution in [3.05, 3.63) is 59.4 Å². The number of nitrogens with zero attached hydrogens (tertiary/aromatic N) is 1. The molecule has 0 aliphatic carbocycles. The van der Waals surface area contributed by atoms with Crippen molar-refractivity contribution in [1.82, 2.24) is 0 Å². The second-order valence-electron chi connectivity index (χ2n) is 4.18. The Kier molecular flexibility index (Phi) is 3.75. The van der Waals surface area contributed by atoms with Crippen LogP contribution in [0.5, 0.6) is 0 Å². The molecule has 0 aliphatic heterocycles. The first kappa shape index (κ1) is 14.1. The standard InChI is InChI=1S/C15H9F4N/c16-14-4-2-1-3-12(14)13-9-11(15(17,18)19)6-5-10(13)7-8-20/h1-6,9H,7H2. The summed E-state index contributed by atoms with van der Waals surface area (Å²) >= 11 is 0. The summed E-state index contributed by atoms with van der Waals surface area (Å²) in [6.07, 6.45) is -4.59. The monoisotopic (exact) mass is 279 g/mol. The minimum Gasteiger partial charge on any atom is -0.206 e. The van der Waals surface area contributed by atoms with Gasteiger partial charge >= 0.3 is 6.18 Å². The number of hydrogen-bond donors (Lipinski definition) is 0. The normalized spacial score (nSPS) is 11.2. The van der Waals surface area contributed by atoms with Crippen molar-refractivity contribution in [2.45, 2.75) is 12.6 Å². The van der Waals surface area contributed by atoms with Crippen LogP contribution in [0.25, 0.3) is 11.1 Å². The molecule has 0 atom stereocenters. The van der Waals surface area contributed by atoms with Crippen molar-refractivity contribution in [3.8, 4) is 17.2 Å². The predicted octanol–water partition coefficient (Wildman–Crippen LogP) is 4.58. The highest BCUT2D eigenvalue weighted by atomic mass is 19.4. The lowest BCUT2D eigenvalue weighted by Gasteiger charge is -2.13. The Balaban J connectivity index is 2.65. The summed E-state index contributed by atoms with van der Waals surface area (Å²) in [7, 11) is 0. The molecule has 0 aliphatic rings. The predicted molar refractivity (Wildman–Crippen MR) is 66.2 cm³/mol. The summed E-state index contributed by atoms with van der Waals surface area (Å²) in [4.78, 5) is 0. The Morgan fingerprint density at radius 2 is 1.70 bits per heavy atom. The lowest BCUT2D eigenvalue weighted by atomic mass is 9.95. The quantitative estimate of drug-likeness (QED) is 0.738. The minimum absolute atomic E-state index is 0.0591. The second kappa shape index (κ2) is 5.33. The van der Waals surface area contributed by atoms with Gasteiger partial charge in [-0.25, -0.2) is 4.39 Å². The molecule has 0 amide bonds. The molecule has 2 rings (SSSR count). The van der Waals surface area contributed by atoms with Crippen molar-refractivity contribution >= 4 is 0 Å². The van der Waals surface area contributed by atoms with E-state index >= 15 is 0 Å². The zero-order valence-corrected chi connectivity index (χ0v) is 10.2.